The zero-order valence-corrected chi connectivity index (χ0v) is 11.7. The van der Waals surface area contributed by atoms with Crippen LogP contribution in [0.2, 0.25) is 0 Å². The van der Waals surface area contributed by atoms with Crippen molar-refractivity contribution >= 4 is 17.7 Å². The van der Waals surface area contributed by atoms with E-state index in [1.54, 1.807) is 20.1 Å². The Morgan fingerprint density at radius 2 is 2.15 bits per heavy atom. The Morgan fingerprint density at radius 1 is 1.40 bits per heavy atom. The van der Waals surface area contributed by atoms with Crippen LogP contribution >= 0.6 is 0 Å². The summed E-state index contributed by atoms with van der Waals surface area (Å²) in [6.07, 6.45) is 0.0314. The van der Waals surface area contributed by atoms with E-state index in [0.717, 1.165) is 5.56 Å². The lowest BCUT2D eigenvalue weighted by Crippen LogP contribution is -2.33. The number of carboxylic acid groups (broad SMARTS) is 1. The van der Waals surface area contributed by atoms with Gasteiger partial charge < -0.3 is 20.5 Å². The fraction of sp³-hybridized carbons (Fsp3) is 0.429. The number of urea groups is 1. The monoisotopic (exact) mass is 280 g/mol. The molecule has 1 aromatic carbocycles. The normalized spacial score (nSPS) is 11.7. The Bertz CT molecular complexity index is 462. The van der Waals surface area contributed by atoms with Crippen molar-refractivity contribution in [3.63, 3.8) is 0 Å². The highest BCUT2D eigenvalue weighted by Crippen LogP contribution is 2.11. The number of methoxy groups -OCH3 is 1. The van der Waals surface area contributed by atoms with Crippen LogP contribution in [-0.2, 0) is 16.1 Å². The van der Waals surface area contributed by atoms with Crippen molar-refractivity contribution in [2.45, 2.75) is 20.0 Å². The molecule has 1 atom stereocenters. The number of carboxylic acids is 1. The van der Waals surface area contributed by atoms with E-state index < -0.39 is 5.97 Å². The van der Waals surface area contributed by atoms with Crippen LogP contribution in [0.15, 0.2) is 24.3 Å². The zero-order chi connectivity index (χ0) is 15.0. The van der Waals surface area contributed by atoms with Crippen LogP contribution in [0.1, 0.15) is 18.9 Å². The second-order valence-corrected chi connectivity index (χ2v) is 4.67. The third-order valence-corrected chi connectivity index (χ3v) is 2.63. The van der Waals surface area contributed by atoms with Gasteiger partial charge in [0.15, 0.2) is 0 Å². The van der Waals surface area contributed by atoms with Crippen molar-refractivity contribution in [3.05, 3.63) is 29.8 Å². The van der Waals surface area contributed by atoms with Gasteiger partial charge in [0.05, 0.1) is 6.61 Å². The molecule has 0 heterocycles. The van der Waals surface area contributed by atoms with Crippen LogP contribution in [0.3, 0.4) is 0 Å². The van der Waals surface area contributed by atoms with Crippen molar-refractivity contribution < 1.29 is 19.4 Å². The second-order valence-electron chi connectivity index (χ2n) is 4.67. The summed E-state index contributed by atoms with van der Waals surface area (Å²) in [4.78, 5) is 22.2. The van der Waals surface area contributed by atoms with Crippen molar-refractivity contribution in [2.75, 3.05) is 19.0 Å². The molecule has 3 N–H and O–H groups in total. The molecule has 0 fully saturated rings. The molecule has 1 rings (SSSR count). The van der Waals surface area contributed by atoms with Gasteiger partial charge in [-0.2, -0.15) is 0 Å². The lowest BCUT2D eigenvalue weighted by atomic mass is 10.1. The van der Waals surface area contributed by atoms with Gasteiger partial charge >= 0.3 is 12.0 Å². The van der Waals surface area contributed by atoms with Gasteiger partial charge in [-0.25, -0.2) is 4.79 Å². The minimum Gasteiger partial charge on any atom is -0.481 e. The van der Waals surface area contributed by atoms with E-state index in [9.17, 15) is 9.59 Å². The maximum absolute atomic E-state index is 11.7. The molecule has 0 saturated heterocycles. The molecular formula is C14H20N2O4. The van der Waals surface area contributed by atoms with Gasteiger partial charge in [0.1, 0.15) is 0 Å². The molecule has 0 aliphatic carbocycles. The summed E-state index contributed by atoms with van der Waals surface area (Å²) in [6.45, 7) is 2.57. The first-order valence-electron chi connectivity index (χ1n) is 6.35. The average Bonchev–Trinajstić information content (AvgIpc) is 2.36. The van der Waals surface area contributed by atoms with Crippen LogP contribution in [0.5, 0.6) is 0 Å². The van der Waals surface area contributed by atoms with E-state index in [0.29, 0.717) is 18.8 Å². The van der Waals surface area contributed by atoms with E-state index in [1.807, 2.05) is 18.2 Å². The molecule has 1 aromatic rings. The van der Waals surface area contributed by atoms with Gasteiger partial charge in [0, 0.05) is 25.8 Å². The van der Waals surface area contributed by atoms with Crippen LogP contribution in [-0.4, -0.2) is 30.8 Å². The Labute approximate surface area is 118 Å². The molecule has 0 radical (unpaired) electrons. The minimum atomic E-state index is -0.869. The van der Waals surface area contributed by atoms with Gasteiger partial charge in [0.25, 0.3) is 0 Å². The molecule has 110 valence electrons. The molecule has 0 aliphatic rings. The first-order chi connectivity index (χ1) is 9.51. The number of hydrogen-bond acceptors (Lipinski definition) is 3. The molecule has 0 saturated carbocycles. The lowest BCUT2D eigenvalue weighted by molar-refractivity contribution is -0.137. The number of carbonyl (C=O) groups excluding carboxylic acids is 1. The van der Waals surface area contributed by atoms with Crippen LogP contribution in [0.4, 0.5) is 10.5 Å². The number of ether oxygens (including phenoxy) is 1. The first kappa shape index (κ1) is 16.0. The maximum atomic E-state index is 11.7. The summed E-state index contributed by atoms with van der Waals surface area (Å²) in [5.41, 5.74) is 1.63. The predicted octanol–water partition coefficient (Wildman–Crippen LogP) is 2.07. The number of aliphatic carboxylic acids is 1. The van der Waals surface area contributed by atoms with Crippen molar-refractivity contribution in [1.82, 2.24) is 5.32 Å². The second kappa shape index (κ2) is 8.16. The van der Waals surface area contributed by atoms with E-state index in [2.05, 4.69) is 10.6 Å². The Morgan fingerprint density at radius 3 is 2.80 bits per heavy atom. The summed E-state index contributed by atoms with van der Waals surface area (Å²) in [5.74, 6) is -0.981. The highest BCUT2D eigenvalue weighted by atomic mass is 16.5. The van der Waals surface area contributed by atoms with Crippen LogP contribution in [0, 0.1) is 5.92 Å². The van der Waals surface area contributed by atoms with E-state index in [1.165, 1.54) is 0 Å². The molecule has 0 bridgehead atoms. The molecular weight excluding hydrogens is 260 g/mol. The quantitative estimate of drug-likeness (QED) is 0.713. The summed E-state index contributed by atoms with van der Waals surface area (Å²) >= 11 is 0. The molecule has 0 aliphatic heterocycles. The maximum Gasteiger partial charge on any atom is 0.319 e. The molecule has 0 aromatic heterocycles. The van der Waals surface area contributed by atoms with E-state index in [4.69, 9.17) is 9.84 Å². The fourth-order valence-corrected chi connectivity index (χ4v) is 1.72. The van der Waals surface area contributed by atoms with E-state index >= 15 is 0 Å². The fourth-order valence-electron chi connectivity index (χ4n) is 1.72. The number of carbonyl (C=O) groups is 2. The molecule has 2 amide bonds. The SMILES string of the molecule is COCc1cccc(NC(=O)NCC(C)CC(=O)O)c1. The average molecular weight is 280 g/mol. The Hall–Kier alpha value is -2.08. The molecule has 0 spiro atoms. The largest absolute Gasteiger partial charge is 0.481 e. The summed E-state index contributed by atoms with van der Waals surface area (Å²) in [5, 5.41) is 14.0. The van der Waals surface area contributed by atoms with Crippen LogP contribution in [0.25, 0.3) is 0 Å². The third kappa shape index (κ3) is 6.19. The standard InChI is InChI=1S/C14H20N2O4/c1-10(6-13(17)18)8-15-14(19)16-12-5-3-4-11(7-12)9-20-2/h3-5,7,10H,6,8-9H2,1-2H3,(H,17,18)(H2,15,16,19). The number of rotatable bonds is 7. The van der Waals surface area contributed by atoms with Crippen molar-refractivity contribution in [3.8, 4) is 0 Å². The topological polar surface area (TPSA) is 87.7 Å². The van der Waals surface area contributed by atoms with Gasteiger partial charge in [0.2, 0.25) is 0 Å². The minimum absolute atomic E-state index is 0.0314. The smallest absolute Gasteiger partial charge is 0.319 e. The first-order valence-corrected chi connectivity index (χ1v) is 6.35. The molecule has 6 heteroatoms. The number of nitrogens with one attached hydrogen (secondary N) is 2. The third-order valence-electron chi connectivity index (χ3n) is 2.63. The summed E-state index contributed by atoms with van der Waals surface area (Å²) in [6, 6.07) is 6.98. The van der Waals surface area contributed by atoms with Gasteiger partial charge in [-0.15, -0.1) is 0 Å². The molecule has 6 nitrogen and oxygen atoms in total. The summed E-state index contributed by atoms with van der Waals surface area (Å²) in [7, 11) is 1.61. The Balaban J connectivity index is 2.42. The highest BCUT2D eigenvalue weighted by Gasteiger charge is 2.09. The molecule has 20 heavy (non-hydrogen) atoms. The van der Waals surface area contributed by atoms with Crippen molar-refractivity contribution in [2.24, 2.45) is 5.92 Å². The predicted molar refractivity (Wildman–Crippen MR) is 75.6 cm³/mol. The van der Waals surface area contributed by atoms with Crippen molar-refractivity contribution in [1.29, 1.82) is 0 Å². The number of benzene rings is 1. The number of amides is 2. The van der Waals surface area contributed by atoms with Gasteiger partial charge in [-0.05, 0) is 23.6 Å². The van der Waals surface area contributed by atoms with Gasteiger partial charge in [-0.1, -0.05) is 19.1 Å². The van der Waals surface area contributed by atoms with E-state index in [-0.39, 0.29) is 18.4 Å². The Kier molecular flexibility index (Phi) is 6.52. The number of anilines is 1. The molecule has 1 unspecified atom stereocenters. The summed E-state index contributed by atoms with van der Waals surface area (Å²) < 4.78 is 5.02. The zero-order valence-electron chi connectivity index (χ0n) is 11.7. The van der Waals surface area contributed by atoms with Crippen LogP contribution < -0.4 is 10.6 Å². The highest BCUT2D eigenvalue weighted by molar-refractivity contribution is 5.89. The lowest BCUT2D eigenvalue weighted by Gasteiger charge is -2.12. The number of hydrogen-bond donors (Lipinski definition) is 3. The van der Waals surface area contributed by atoms with Gasteiger partial charge in [-0.3, -0.25) is 4.79 Å².